The van der Waals surface area contributed by atoms with Gasteiger partial charge in [-0.3, -0.25) is 14.5 Å². The number of piperazine rings is 1. The van der Waals surface area contributed by atoms with E-state index in [1.807, 2.05) is 16.8 Å². The number of amides is 1. The van der Waals surface area contributed by atoms with Crippen LogP contribution in [0.25, 0.3) is 11.2 Å². The van der Waals surface area contributed by atoms with E-state index in [1.54, 1.807) is 6.33 Å². The second-order valence-corrected chi connectivity index (χ2v) is 8.65. The van der Waals surface area contributed by atoms with Crippen LogP contribution in [0.4, 0.5) is 11.6 Å². The molecule has 0 unspecified atom stereocenters. The predicted molar refractivity (Wildman–Crippen MR) is 135 cm³/mol. The Bertz CT molecular complexity index is 1130. The third kappa shape index (κ3) is 6.56. The van der Waals surface area contributed by atoms with Crippen molar-refractivity contribution < 1.29 is 14.4 Å². The molecular formula is C23H34N10O3. The number of nitrogen functional groups attached to an aromatic ring is 1. The maximum absolute atomic E-state index is 11.4. The number of pyridine rings is 1. The molecule has 0 atom stereocenters. The van der Waals surface area contributed by atoms with Crippen molar-refractivity contribution in [1.29, 1.82) is 0 Å². The summed E-state index contributed by atoms with van der Waals surface area (Å²) in [5.41, 5.74) is 8.31. The van der Waals surface area contributed by atoms with Crippen LogP contribution in [0.2, 0.25) is 0 Å². The smallest absolute Gasteiger partial charge is 0.320 e. The van der Waals surface area contributed by atoms with Gasteiger partial charge in [0.2, 0.25) is 5.91 Å². The van der Waals surface area contributed by atoms with E-state index in [4.69, 9.17) is 16.4 Å². The van der Waals surface area contributed by atoms with Gasteiger partial charge in [-0.25, -0.2) is 15.9 Å². The molecule has 0 aromatic carbocycles. The van der Waals surface area contributed by atoms with Gasteiger partial charge in [0.1, 0.15) is 12.4 Å². The fourth-order valence-electron chi connectivity index (χ4n) is 4.01. The largest absolute Gasteiger partial charge is 0.463 e. The highest BCUT2D eigenvalue weighted by Gasteiger charge is 2.18. The molecule has 5 N–H and O–H groups in total. The van der Waals surface area contributed by atoms with E-state index in [0.717, 1.165) is 56.9 Å². The van der Waals surface area contributed by atoms with Crippen molar-refractivity contribution in [2.45, 2.75) is 26.3 Å². The molecule has 1 saturated heterocycles. The highest BCUT2D eigenvalue weighted by Crippen LogP contribution is 2.21. The van der Waals surface area contributed by atoms with Gasteiger partial charge in [0.15, 0.2) is 17.0 Å². The lowest BCUT2D eigenvalue weighted by Crippen LogP contribution is -2.48. The molecular weight excluding hydrogens is 464 g/mol. The summed E-state index contributed by atoms with van der Waals surface area (Å²) in [6.07, 6.45) is 5.55. The number of ether oxygens (including phenoxy) is 1. The zero-order valence-corrected chi connectivity index (χ0v) is 20.6. The number of hydrogen-bond donors (Lipinski definition) is 3. The molecule has 194 valence electrons. The van der Waals surface area contributed by atoms with E-state index in [-0.39, 0.29) is 18.5 Å². The first-order chi connectivity index (χ1) is 17.6. The summed E-state index contributed by atoms with van der Waals surface area (Å²) in [6.45, 7) is 7.99. The predicted octanol–water partition coefficient (Wildman–Crippen LogP) is 0.159. The first-order valence-corrected chi connectivity index (χ1v) is 12.2. The number of rotatable bonds is 12. The van der Waals surface area contributed by atoms with Gasteiger partial charge in [-0.05, 0) is 18.1 Å². The molecule has 1 amide bonds. The van der Waals surface area contributed by atoms with Crippen molar-refractivity contribution in [2.75, 3.05) is 63.1 Å². The Morgan fingerprint density at radius 1 is 1.17 bits per heavy atom. The average Bonchev–Trinajstić information content (AvgIpc) is 3.28. The molecule has 1 fully saturated rings. The minimum absolute atomic E-state index is 0.122. The lowest BCUT2D eigenvalue weighted by Gasteiger charge is -2.35. The van der Waals surface area contributed by atoms with Gasteiger partial charge in [-0.2, -0.15) is 9.97 Å². The van der Waals surface area contributed by atoms with Crippen LogP contribution in [0.3, 0.4) is 0 Å². The molecule has 13 heteroatoms. The van der Waals surface area contributed by atoms with Gasteiger partial charge < -0.3 is 25.3 Å². The molecule has 3 aromatic rings. The van der Waals surface area contributed by atoms with Crippen LogP contribution in [-0.2, 0) is 16.2 Å². The van der Waals surface area contributed by atoms with Gasteiger partial charge in [-0.15, -0.1) is 0 Å². The van der Waals surface area contributed by atoms with Crippen LogP contribution in [-0.4, -0.2) is 87.8 Å². The van der Waals surface area contributed by atoms with Crippen molar-refractivity contribution in [3.8, 4) is 6.01 Å². The SMILES string of the molecule is CCCCOc1nc(N)c2ncn(Cc3ccc(N4CCN(CCNC(=O)CON)CC4)nc3)c2n1. The lowest BCUT2D eigenvalue weighted by molar-refractivity contribution is -0.125. The number of fused-ring (bicyclic) bond motifs is 1. The van der Waals surface area contributed by atoms with Crippen molar-refractivity contribution in [3.05, 3.63) is 30.2 Å². The van der Waals surface area contributed by atoms with Crippen LogP contribution < -0.4 is 26.6 Å². The van der Waals surface area contributed by atoms with E-state index in [1.165, 1.54) is 0 Å². The number of hydrogen-bond acceptors (Lipinski definition) is 11. The second kappa shape index (κ2) is 12.4. The molecule has 0 saturated carbocycles. The molecule has 0 radical (unpaired) electrons. The zero-order valence-electron chi connectivity index (χ0n) is 20.6. The highest BCUT2D eigenvalue weighted by atomic mass is 16.6. The third-order valence-corrected chi connectivity index (χ3v) is 6.02. The van der Waals surface area contributed by atoms with Gasteiger partial charge >= 0.3 is 6.01 Å². The Morgan fingerprint density at radius 2 is 2.00 bits per heavy atom. The van der Waals surface area contributed by atoms with Crippen molar-refractivity contribution in [1.82, 2.24) is 34.7 Å². The molecule has 36 heavy (non-hydrogen) atoms. The Labute approximate surface area is 209 Å². The molecule has 3 aromatic heterocycles. The Kier molecular flexibility index (Phi) is 8.81. The summed E-state index contributed by atoms with van der Waals surface area (Å²) in [7, 11) is 0. The van der Waals surface area contributed by atoms with E-state index in [9.17, 15) is 4.79 Å². The number of unbranched alkanes of at least 4 members (excludes halogenated alkanes) is 1. The maximum Gasteiger partial charge on any atom is 0.320 e. The van der Waals surface area contributed by atoms with Crippen molar-refractivity contribution in [3.63, 3.8) is 0 Å². The van der Waals surface area contributed by atoms with Crippen LogP contribution in [0.15, 0.2) is 24.7 Å². The number of imidazole rings is 1. The number of carbonyl (C=O) groups excluding carboxylic acids is 1. The summed E-state index contributed by atoms with van der Waals surface area (Å²) in [6, 6.07) is 4.38. The van der Waals surface area contributed by atoms with E-state index < -0.39 is 0 Å². The molecule has 0 aliphatic carbocycles. The molecule has 0 bridgehead atoms. The number of nitrogens with one attached hydrogen (secondary N) is 1. The Morgan fingerprint density at radius 3 is 2.72 bits per heavy atom. The van der Waals surface area contributed by atoms with Gasteiger partial charge in [0.05, 0.1) is 19.5 Å². The fraction of sp³-hybridized carbons (Fsp3) is 0.522. The van der Waals surface area contributed by atoms with Crippen LogP contribution in [0, 0.1) is 0 Å². The Balaban J connectivity index is 1.31. The van der Waals surface area contributed by atoms with Crippen molar-refractivity contribution in [2.24, 2.45) is 5.90 Å². The third-order valence-electron chi connectivity index (χ3n) is 6.02. The minimum Gasteiger partial charge on any atom is -0.463 e. The number of anilines is 2. The second-order valence-electron chi connectivity index (χ2n) is 8.65. The molecule has 1 aliphatic heterocycles. The lowest BCUT2D eigenvalue weighted by atomic mass is 10.2. The van der Waals surface area contributed by atoms with Crippen LogP contribution >= 0.6 is 0 Å². The zero-order chi connectivity index (χ0) is 25.3. The first kappa shape index (κ1) is 25.5. The van der Waals surface area contributed by atoms with E-state index in [0.29, 0.717) is 36.7 Å². The summed E-state index contributed by atoms with van der Waals surface area (Å²) in [5.74, 6) is 5.96. The number of nitrogens with two attached hydrogens (primary N) is 2. The number of aromatic nitrogens is 5. The molecule has 13 nitrogen and oxygen atoms in total. The summed E-state index contributed by atoms with van der Waals surface area (Å²) >= 11 is 0. The maximum atomic E-state index is 11.4. The molecule has 0 spiro atoms. The average molecular weight is 499 g/mol. The van der Waals surface area contributed by atoms with E-state index >= 15 is 0 Å². The normalized spacial score (nSPS) is 14.3. The van der Waals surface area contributed by atoms with Crippen molar-refractivity contribution >= 4 is 28.7 Å². The monoisotopic (exact) mass is 498 g/mol. The molecule has 4 heterocycles. The van der Waals surface area contributed by atoms with Gasteiger partial charge in [-0.1, -0.05) is 19.4 Å². The number of carbonyl (C=O) groups is 1. The highest BCUT2D eigenvalue weighted by molar-refractivity contribution is 5.82. The summed E-state index contributed by atoms with van der Waals surface area (Å²) < 4.78 is 7.57. The standard InChI is InChI=1S/C23H34N10O3/c1-2-3-12-35-23-29-21(24)20-22(30-23)33(16-28-20)14-17-4-5-18(27-13-17)32-10-8-31(9-11-32)7-6-26-19(34)15-36-25/h4-5,13,16H,2-3,6-12,14-15,25H2,1H3,(H,26,34)(H2,24,29,30). The quantitative estimate of drug-likeness (QED) is 0.230. The van der Waals surface area contributed by atoms with Crippen LogP contribution in [0.5, 0.6) is 6.01 Å². The van der Waals surface area contributed by atoms with Gasteiger partial charge in [0, 0.05) is 45.5 Å². The fourth-order valence-corrected chi connectivity index (χ4v) is 4.01. The topological polar surface area (TPSA) is 163 Å². The van der Waals surface area contributed by atoms with Gasteiger partial charge in [0.25, 0.3) is 0 Å². The molecule has 4 rings (SSSR count). The minimum atomic E-state index is -0.208. The summed E-state index contributed by atoms with van der Waals surface area (Å²) in [4.78, 5) is 38.1. The number of nitrogens with zero attached hydrogens (tertiary/aromatic N) is 7. The Hall–Kier alpha value is -3.55. The summed E-state index contributed by atoms with van der Waals surface area (Å²) in [5, 5.41) is 2.79. The van der Waals surface area contributed by atoms with Crippen LogP contribution in [0.1, 0.15) is 25.3 Å². The van der Waals surface area contributed by atoms with E-state index in [2.05, 4.69) is 52.9 Å². The molecule has 1 aliphatic rings. The first-order valence-electron chi connectivity index (χ1n) is 12.2.